The molecule has 7 fully saturated rings. The molecular formula is C45H74O19. The smallest absolute Gasteiger partial charge is 0.187 e. The van der Waals surface area contributed by atoms with E-state index in [2.05, 4.69) is 26.8 Å². The van der Waals surface area contributed by atoms with E-state index in [1.807, 2.05) is 6.92 Å². The zero-order valence-corrected chi connectivity index (χ0v) is 37.4. The standard InChI is InChI=1S/C45H74O19/c1-18(17-58-42-39(36(54)33(51)28(16-47)61-42)63-40-37(55)34(52)31(49)20(3)59-40)8-11-45(57)19(2)30-26(64-45)14-25-23-7-6-21-12-22(48)13-29(44(21,5)24(23)9-10-43(25,30)4)62-41-38(56)35(53)32(50)27(15-46)60-41/h6,18-20,22-42,46-57H,7-17H2,1-5H3/t18-,19+,20+,22-,23-,24+,25+,26+,27-,28-,29-,30+,31+,32+,33-,34-,35+,36+,37-,38-,39-,40+,41+,42-,43+,44+,45+/m1/s1. The molecule has 0 aromatic carbocycles. The minimum absolute atomic E-state index is 0.0594. The Kier molecular flexibility index (Phi) is 14.4. The molecule has 12 N–H and O–H groups in total. The average Bonchev–Trinajstić information content (AvgIpc) is 3.70. The topological polar surface area (TPSA) is 307 Å². The summed E-state index contributed by atoms with van der Waals surface area (Å²) in [5, 5.41) is 127. The fourth-order valence-corrected chi connectivity index (χ4v) is 13.6. The van der Waals surface area contributed by atoms with E-state index in [-0.39, 0.29) is 53.6 Å². The molecule has 4 heterocycles. The molecule has 4 aliphatic heterocycles. The van der Waals surface area contributed by atoms with Crippen molar-refractivity contribution in [2.24, 2.45) is 46.3 Å². The molecule has 0 unspecified atom stereocenters. The second-order valence-electron chi connectivity index (χ2n) is 21.1. The molecule has 0 amide bonds. The summed E-state index contributed by atoms with van der Waals surface area (Å²) < 4.78 is 42.3. The zero-order chi connectivity index (χ0) is 46.4. The van der Waals surface area contributed by atoms with Crippen molar-refractivity contribution in [2.45, 2.75) is 202 Å². The Morgan fingerprint density at radius 2 is 1.38 bits per heavy atom. The molecule has 0 aromatic rings. The van der Waals surface area contributed by atoms with E-state index < -0.39 is 129 Å². The molecule has 8 aliphatic rings. The molecule has 8 rings (SSSR count). The van der Waals surface area contributed by atoms with E-state index in [4.69, 9.17) is 33.2 Å². The van der Waals surface area contributed by atoms with Gasteiger partial charge in [0, 0.05) is 24.2 Å². The first-order valence-electron chi connectivity index (χ1n) is 23.5. The molecule has 19 nitrogen and oxygen atoms in total. The number of allylic oxidation sites excluding steroid dienone is 1. The normalized spacial score (nSPS) is 55.5. The Morgan fingerprint density at radius 1 is 0.750 bits per heavy atom. The number of aliphatic hydroxyl groups is 12. The van der Waals surface area contributed by atoms with Gasteiger partial charge >= 0.3 is 0 Å². The van der Waals surface area contributed by atoms with Crippen LogP contribution in [0.4, 0.5) is 0 Å². The number of hydrogen-bond acceptors (Lipinski definition) is 19. The largest absolute Gasteiger partial charge is 0.394 e. The lowest BCUT2D eigenvalue weighted by Crippen LogP contribution is -2.64. The maximum Gasteiger partial charge on any atom is 0.187 e. The number of ether oxygens (including phenoxy) is 7. The molecule has 3 saturated carbocycles. The van der Waals surface area contributed by atoms with Gasteiger partial charge in [-0.15, -0.1) is 0 Å². The van der Waals surface area contributed by atoms with E-state index in [0.717, 1.165) is 31.3 Å². The molecule has 0 radical (unpaired) electrons. The lowest BCUT2D eigenvalue weighted by molar-refractivity contribution is -0.365. The predicted molar refractivity (Wildman–Crippen MR) is 219 cm³/mol. The van der Waals surface area contributed by atoms with E-state index in [9.17, 15) is 61.3 Å². The fourth-order valence-electron chi connectivity index (χ4n) is 13.6. The lowest BCUT2D eigenvalue weighted by atomic mass is 9.46. The van der Waals surface area contributed by atoms with Crippen LogP contribution in [-0.4, -0.2) is 197 Å². The fraction of sp³-hybridized carbons (Fsp3) is 0.956. The average molecular weight is 919 g/mol. The third-order valence-electron chi connectivity index (χ3n) is 17.4. The van der Waals surface area contributed by atoms with Crippen LogP contribution in [0, 0.1) is 46.3 Å². The van der Waals surface area contributed by atoms with Crippen LogP contribution in [0.5, 0.6) is 0 Å². The second-order valence-corrected chi connectivity index (χ2v) is 21.1. The molecule has 4 aliphatic carbocycles. The third kappa shape index (κ3) is 8.36. The Labute approximate surface area is 373 Å². The van der Waals surface area contributed by atoms with Crippen molar-refractivity contribution in [3.63, 3.8) is 0 Å². The van der Waals surface area contributed by atoms with Crippen LogP contribution in [0.1, 0.15) is 86.0 Å². The highest BCUT2D eigenvalue weighted by Crippen LogP contribution is 2.70. The van der Waals surface area contributed by atoms with Crippen LogP contribution >= 0.6 is 0 Å². The minimum atomic E-state index is -1.69. The van der Waals surface area contributed by atoms with Gasteiger partial charge in [-0.05, 0) is 80.5 Å². The summed E-state index contributed by atoms with van der Waals surface area (Å²) in [5.41, 5.74) is 0.442. The molecule has 19 heteroatoms. The van der Waals surface area contributed by atoms with Gasteiger partial charge in [0.05, 0.1) is 44.2 Å². The maximum absolute atomic E-state index is 12.2. The summed E-state index contributed by atoms with van der Waals surface area (Å²) in [6.45, 7) is 8.84. The van der Waals surface area contributed by atoms with Gasteiger partial charge in [0.25, 0.3) is 0 Å². The molecule has 368 valence electrons. The molecule has 0 aromatic heterocycles. The first-order chi connectivity index (χ1) is 30.2. The highest BCUT2D eigenvalue weighted by Gasteiger charge is 2.69. The van der Waals surface area contributed by atoms with Crippen molar-refractivity contribution in [1.82, 2.24) is 0 Å². The zero-order valence-electron chi connectivity index (χ0n) is 37.4. The Hall–Kier alpha value is -1.02. The molecule has 0 bridgehead atoms. The first kappa shape index (κ1) is 49.4. The van der Waals surface area contributed by atoms with Crippen LogP contribution < -0.4 is 0 Å². The number of fused-ring (bicyclic) bond motifs is 7. The summed E-state index contributed by atoms with van der Waals surface area (Å²) in [6.07, 6.45) is -15.6. The lowest BCUT2D eigenvalue weighted by Gasteiger charge is -2.60. The van der Waals surface area contributed by atoms with Gasteiger partial charge in [-0.25, -0.2) is 0 Å². The van der Waals surface area contributed by atoms with E-state index in [1.54, 1.807) is 0 Å². The molecular weight excluding hydrogens is 844 g/mol. The van der Waals surface area contributed by atoms with Gasteiger partial charge in [-0.2, -0.15) is 0 Å². The summed E-state index contributed by atoms with van der Waals surface area (Å²) >= 11 is 0. The monoisotopic (exact) mass is 918 g/mol. The van der Waals surface area contributed by atoms with Gasteiger partial charge in [0.15, 0.2) is 24.7 Å². The van der Waals surface area contributed by atoms with Crippen molar-refractivity contribution in [3.8, 4) is 0 Å². The maximum atomic E-state index is 12.2. The number of hydrogen-bond donors (Lipinski definition) is 12. The van der Waals surface area contributed by atoms with Crippen LogP contribution in [0.15, 0.2) is 11.6 Å². The van der Waals surface area contributed by atoms with Gasteiger partial charge in [-0.1, -0.05) is 39.3 Å². The molecule has 0 spiro atoms. The van der Waals surface area contributed by atoms with Crippen molar-refractivity contribution in [3.05, 3.63) is 11.6 Å². The van der Waals surface area contributed by atoms with Gasteiger partial charge in [-0.3, -0.25) is 0 Å². The molecule has 64 heavy (non-hydrogen) atoms. The van der Waals surface area contributed by atoms with Crippen molar-refractivity contribution >= 4 is 0 Å². The predicted octanol–water partition coefficient (Wildman–Crippen LogP) is -1.86. The van der Waals surface area contributed by atoms with E-state index >= 15 is 0 Å². The summed E-state index contributed by atoms with van der Waals surface area (Å²) in [6, 6.07) is 0. The van der Waals surface area contributed by atoms with Gasteiger partial charge in [0.1, 0.15) is 67.1 Å². The SMILES string of the molecule is C[C@H](CC[C@]1(O)O[C@H]2C[C@H]3[C@@H]4CC=C5C[C@@H](O)C[C@@H](O[C@@H]6O[C@H](CO)[C@H](O)[C@H](O)[C@H]6O)[C@]5(C)[C@H]4CC[C@]3(C)[C@H]2[C@@H]1C)CO[C@@H]1O[C@H](CO)[C@@H](O)[C@H](O)[C@H]1O[C@@H]1O[C@@H](C)[C@H](O)[C@@H](O)[C@H]1O. The quantitative estimate of drug-likeness (QED) is 0.0956. The number of rotatable bonds is 12. The summed E-state index contributed by atoms with van der Waals surface area (Å²) in [5.74, 6) is -1.01. The highest BCUT2D eigenvalue weighted by molar-refractivity contribution is 5.28. The van der Waals surface area contributed by atoms with Crippen molar-refractivity contribution in [2.75, 3.05) is 19.8 Å². The Balaban J connectivity index is 0.904. The van der Waals surface area contributed by atoms with Crippen molar-refractivity contribution in [1.29, 1.82) is 0 Å². The number of aliphatic hydroxyl groups excluding tert-OH is 11. The molecule has 27 atom stereocenters. The Bertz CT molecular complexity index is 1640. The van der Waals surface area contributed by atoms with Gasteiger partial charge in [0.2, 0.25) is 0 Å². The first-order valence-corrected chi connectivity index (χ1v) is 23.5. The van der Waals surface area contributed by atoms with Crippen LogP contribution in [0.3, 0.4) is 0 Å². The Morgan fingerprint density at radius 3 is 2.05 bits per heavy atom. The summed E-state index contributed by atoms with van der Waals surface area (Å²) in [7, 11) is 0. The van der Waals surface area contributed by atoms with Crippen LogP contribution in [0.2, 0.25) is 0 Å². The minimum Gasteiger partial charge on any atom is -0.394 e. The van der Waals surface area contributed by atoms with Crippen LogP contribution in [0.25, 0.3) is 0 Å². The van der Waals surface area contributed by atoms with Crippen LogP contribution in [-0.2, 0) is 33.2 Å². The van der Waals surface area contributed by atoms with E-state index in [1.165, 1.54) is 6.92 Å². The summed E-state index contributed by atoms with van der Waals surface area (Å²) in [4.78, 5) is 0. The molecule has 4 saturated heterocycles. The second kappa shape index (κ2) is 18.7. The van der Waals surface area contributed by atoms with E-state index in [0.29, 0.717) is 25.7 Å². The van der Waals surface area contributed by atoms with Crippen molar-refractivity contribution < 1.29 is 94.4 Å². The van der Waals surface area contributed by atoms with Gasteiger partial charge < -0.3 is 94.4 Å². The highest BCUT2D eigenvalue weighted by atomic mass is 16.8. The third-order valence-corrected chi connectivity index (χ3v) is 17.4.